The minimum atomic E-state index is -0.142. The summed E-state index contributed by atoms with van der Waals surface area (Å²) in [4.78, 5) is 0. The molecular weight excluding hydrogens is 458 g/mol. The minimum absolute atomic E-state index is 0.0293. The lowest BCUT2D eigenvalue weighted by molar-refractivity contribution is 0.118. The highest BCUT2D eigenvalue weighted by atomic mass is 31.0. The molecule has 0 aliphatic rings. The largest absolute Gasteiger partial charge is 0.125 e. The van der Waals surface area contributed by atoms with E-state index in [0.717, 1.165) is 0 Å². The molecule has 0 saturated carbocycles. The molecule has 2 aromatic rings. The van der Waals surface area contributed by atoms with Crippen LogP contribution in [0.2, 0.25) is 0 Å². The third-order valence-corrected chi connectivity index (χ3v) is 12.9. The molecule has 0 amide bonds. The van der Waals surface area contributed by atoms with Crippen molar-refractivity contribution in [3.8, 4) is 0 Å². The first-order valence-corrected chi connectivity index (χ1v) is 14.4. The van der Waals surface area contributed by atoms with Crippen LogP contribution < -0.4 is 0 Å². The lowest BCUT2D eigenvalue weighted by Gasteiger charge is -2.57. The van der Waals surface area contributed by atoms with Gasteiger partial charge >= 0.3 is 0 Å². The Morgan fingerprint density at radius 3 is 1.17 bits per heavy atom. The Balaban J connectivity index is 3.11. The Hall–Kier alpha value is -0.700. The van der Waals surface area contributed by atoms with Crippen molar-refractivity contribution in [1.29, 1.82) is 0 Å². The van der Waals surface area contributed by atoms with Gasteiger partial charge in [0.1, 0.15) is 0 Å². The van der Waals surface area contributed by atoms with Crippen LogP contribution in [0.4, 0.5) is 0 Å². The maximum Gasteiger partial charge on any atom is 0.0197 e. The fourth-order valence-electron chi connectivity index (χ4n) is 6.49. The van der Waals surface area contributed by atoms with Crippen molar-refractivity contribution in [2.45, 2.75) is 113 Å². The highest BCUT2D eigenvalue weighted by molar-refractivity contribution is 7.19. The summed E-state index contributed by atoms with van der Waals surface area (Å²) in [6.45, 7) is 33.5. The van der Waals surface area contributed by atoms with Gasteiger partial charge in [0.2, 0.25) is 0 Å². The van der Waals surface area contributed by atoms with Crippen LogP contribution in [-0.4, -0.2) is 0 Å². The predicted molar refractivity (Wildman–Crippen MR) is 166 cm³/mol. The van der Waals surface area contributed by atoms with Crippen molar-refractivity contribution in [2.24, 2.45) is 21.7 Å². The Morgan fingerprint density at radius 1 is 0.429 bits per heavy atom. The monoisotopic (exact) mass is 512 g/mol. The maximum absolute atomic E-state index is 3.38. The molecule has 2 unspecified atom stereocenters. The van der Waals surface area contributed by atoms with Crippen LogP contribution in [0.25, 0.3) is 0 Å². The van der Waals surface area contributed by atoms with Crippen LogP contribution >= 0.6 is 18.5 Å². The molecule has 0 heterocycles. The van der Waals surface area contributed by atoms with Crippen molar-refractivity contribution in [1.82, 2.24) is 0 Å². The van der Waals surface area contributed by atoms with E-state index in [1.54, 1.807) is 0 Å². The smallest absolute Gasteiger partial charge is 0.0197 e. The van der Waals surface area contributed by atoms with Crippen LogP contribution in [0, 0.1) is 21.7 Å². The number of rotatable bonds is 4. The summed E-state index contributed by atoms with van der Waals surface area (Å²) in [5.41, 5.74) is 5.69. The van der Waals surface area contributed by atoms with E-state index >= 15 is 0 Å². The molecule has 0 aliphatic heterocycles. The molecule has 2 atom stereocenters. The van der Waals surface area contributed by atoms with E-state index in [1.807, 2.05) is 0 Å². The molecule has 0 saturated heterocycles. The Labute approximate surface area is 223 Å². The Bertz CT molecular complexity index is 988. The van der Waals surface area contributed by atoms with Crippen LogP contribution in [0.3, 0.4) is 0 Å². The highest BCUT2D eigenvalue weighted by Gasteiger charge is 2.55. The topological polar surface area (TPSA) is 0 Å². The fraction of sp³-hybridized carbons (Fsp3) is 0.636. The summed E-state index contributed by atoms with van der Waals surface area (Å²) in [6.07, 6.45) is 0. The molecule has 0 N–H and O–H groups in total. The van der Waals surface area contributed by atoms with Gasteiger partial charge in [0.25, 0.3) is 0 Å². The average Bonchev–Trinajstić information content (AvgIpc) is 2.69. The summed E-state index contributed by atoms with van der Waals surface area (Å²) in [5.74, 6) is 0. The first-order chi connectivity index (χ1) is 15.4. The van der Waals surface area contributed by atoms with E-state index in [-0.39, 0.29) is 37.4 Å². The molecule has 2 aromatic carbocycles. The third kappa shape index (κ3) is 5.06. The molecule has 196 valence electrons. The molecule has 2 rings (SSSR count). The molecule has 0 bridgehead atoms. The molecule has 0 spiro atoms. The molecule has 0 radical (unpaired) electrons. The lowest BCUT2D eigenvalue weighted by atomic mass is 9.56. The van der Waals surface area contributed by atoms with Gasteiger partial charge in [-0.05, 0) is 43.9 Å². The summed E-state index contributed by atoms with van der Waals surface area (Å²) >= 11 is 0. The second-order valence-corrected chi connectivity index (χ2v) is 17.1. The van der Waals surface area contributed by atoms with Gasteiger partial charge in [0.05, 0.1) is 0 Å². The van der Waals surface area contributed by atoms with E-state index in [0.29, 0.717) is 0 Å². The molecule has 0 nitrogen and oxygen atoms in total. The summed E-state index contributed by atoms with van der Waals surface area (Å²) < 4.78 is 0. The summed E-state index contributed by atoms with van der Waals surface area (Å²) in [5, 5.41) is -0.264. The standard InChI is InChI=1S/C33H54P2/c1-27(2,3)32(34,28(4,5)6)25-21-20-24(31(13,14)23-18-16-15-17-19-23)22-26(25)33(35,29(7,8)9)30(10,11)12/h15-22H,34-35H2,1-14H3. The van der Waals surface area contributed by atoms with Crippen molar-refractivity contribution in [2.75, 3.05) is 0 Å². The molecule has 0 fully saturated rings. The molecule has 35 heavy (non-hydrogen) atoms. The van der Waals surface area contributed by atoms with Crippen LogP contribution in [0.15, 0.2) is 48.5 Å². The Kier molecular flexibility index (Phi) is 8.06. The van der Waals surface area contributed by atoms with Gasteiger partial charge in [-0.25, -0.2) is 0 Å². The van der Waals surface area contributed by atoms with E-state index < -0.39 is 0 Å². The minimum Gasteiger partial charge on any atom is -0.125 e. The van der Waals surface area contributed by atoms with Crippen molar-refractivity contribution >= 4 is 18.5 Å². The Morgan fingerprint density at radius 2 is 0.800 bits per heavy atom. The van der Waals surface area contributed by atoms with Gasteiger partial charge in [0.15, 0.2) is 0 Å². The number of benzene rings is 2. The first-order valence-electron chi connectivity index (χ1n) is 13.2. The van der Waals surface area contributed by atoms with Gasteiger partial charge in [-0.1, -0.05) is 145 Å². The van der Waals surface area contributed by atoms with Gasteiger partial charge in [-0.2, -0.15) is 0 Å². The molecule has 0 aliphatic carbocycles. The predicted octanol–water partition coefficient (Wildman–Crippen LogP) is 10.3. The van der Waals surface area contributed by atoms with E-state index in [9.17, 15) is 0 Å². The number of hydrogen-bond acceptors (Lipinski definition) is 0. The lowest BCUT2D eigenvalue weighted by Crippen LogP contribution is -2.51. The quantitative estimate of drug-likeness (QED) is 0.357. The third-order valence-electron chi connectivity index (χ3n) is 8.82. The average molecular weight is 513 g/mol. The normalized spacial score (nSPS) is 14.9. The zero-order valence-corrected chi connectivity index (χ0v) is 27.6. The number of hydrogen-bond donors (Lipinski definition) is 0. The van der Waals surface area contributed by atoms with Crippen molar-refractivity contribution in [3.63, 3.8) is 0 Å². The summed E-state index contributed by atoms with van der Waals surface area (Å²) in [6, 6.07) is 18.4. The highest BCUT2D eigenvalue weighted by Crippen LogP contribution is 2.65. The van der Waals surface area contributed by atoms with Crippen LogP contribution in [0.1, 0.15) is 119 Å². The molecular formula is C33H54P2. The first kappa shape index (κ1) is 30.5. The van der Waals surface area contributed by atoms with Gasteiger partial charge in [-0.3, -0.25) is 0 Å². The van der Waals surface area contributed by atoms with Crippen molar-refractivity contribution in [3.05, 3.63) is 70.8 Å². The second-order valence-electron chi connectivity index (χ2n) is 15.4. The fourth-order valence-corrected chi connectivity index (χ4v) is 6.98. The van der Waals surface area contributed by atoms with Crippen LogP contribution in [-0.2, 0) is 15.7 Å². The van der Waals surface area contributed by atoms with Gasteiger partial charge in [0, 0.05) is 15.7 Å². The van der Waals surface area contributed by atoms with E-state index in [2.05, 4.69) is 164 Å². The van der Waals surface area contributed by atoms with E-state index in [1.165, 1.54) is 22.3 Å². The maximum atomic E-state index is 3.38. The van der Waals surface area contributed by atoms with Crippen LogP contribution in [0.5, 0.6) is 0 Å². The molecule has 2 heteroatoms. The van der Waals surface area contributed by atoms with E-state index in [4.69, 9.17) is 0 Å². The second kappa shape index (κ2) is 9.25. The van der Waals surface area contributed by atoms with Crippen molar-refractivity contribution < 1.29 is 0 Å². The molecule has 0 aromatic heterocycles. The zero-order chi connectivity index (χ0) is 27.5. The summed E-state index contributed by atoms with van der Waals surface area (Å²) in [7, 11) is 6.74. The zero-order valence-electron chi connectivity index (χ0n) is 25.3. The SMILES string of the molecule is CC(C)(c1ccccc1)c1ccc(C(P)(C(C)(C)C)C(C)(C)C)c(C(P)(C(C)(C)C)C(C)(C)C)c1. The van der Waals surface area contributed by atoms with Gasteiger partial charge in [-0.15, -0.1) is 18.5 Å². The van der Waals surface area contributed by atoms with Gasteiger partial charge < -0.3 is 0 Å².